The van der Waals surface area contributed by atoms with Gasteiger partial charge in [0.05, 0.1) is 0 Å². The summed E-state index contributed by atoms with van der Waals surface area (Å²) < 4.78 is 21.4. The molecule has 0 aliphatic rings. The minimum absolute atomic E-state index is 0. The van der Waals surface area contributed by atoms with Gasteiger partial charge in [0, 0.05) is 22.4 Å². The van der Waals surface area contributed by atoms with Crippen LogP contribution >= 0.6 is 7.82 Å². The van der Waals surface area contributed by atoms with Crippen LogP contribution in [0.5, 0.6) is 0 Å². The second-order valence-corrected chi connectivity index (χ2v) is 1.68. The Kier molecular flexibility index (Phi) is 5.72. The van der Waals surface area contributed by atoms with Crippen molar-refractivity contribution in [2.75, 3.05) is 0 Å². The second-order valence-electron chi connectivity index (χ2n) is 0.560. The summed E-state index contributed by atoms with van der Waals surface area (Å²) in [4.78, 5) is 14.7. The molecule has 0 aromatic heterocycles. The topological polar surface area (TPSA) is 66.8 Å². The van der Waals surface area contributed by atoms with Crippen LogP contribution in [-0.2, 0) is 31.7 Å². The number of halogens is 1. The quantitative estimate of drug-likeness (QED) is 0.485. The van der Waals surface area contributed by atoms with Crippen molar-refractivity contribution in [1.29, 1.82) is 0 Å². The van der Waals surface area contributed by atoms with E-state index in [0.717, 1.165) is 0 Å². The zero-order valence-electron chi connectivity index (χ0n) is 2.84. The van der Waals surface area contributed by atoms with E-state index in [0.29, 0.717) is 0 Å². The Hall–Kier alpha value is 0.780. The number of phosphoric acid groups is 1. The van der Waals surface area contributed by atoms with Gasteiger partial charge in [0.15, 0.2) is 0 Å². The summed E-state index contributed by atoms with van der Waals surface area (Å²) in [5.74, 6) is 0. The molecular formula is H2AgFO4P. The summed E-state index contributed by atoms with van der Waals surface area (Å²) in [7, 11) is -4.81. The van der Waals surface area contributed by atoms with E-state index in [4.69, 9.17) is 14.4 Å². The van der Waals surface area contributed by atoms with Crippen LogP contribution in [0.3, 0.4) is 0 Å². The van der Waals surface area contributed by atoms with Crippen LogP contribution < -0.4 is 0 Å². The van der Waals surface area contributed by atoms with Crippen molar-refractivity contribution in [3.8, 4) is 0 Å². The van der Waals surface area contributed by atoms with Crippen molar-refractivity contribution in [2.45, 2.75) is 0 Å². The summed E-state index contributed by atoms with van der Waals surface area (Å²) in [6, 6.07) is 0. The zero-order valence-corrected chi connectivity index (χ0v) is 5.21. The van der Waals surface area contributed by atoms with Gasteiger partial charge in [0.1, 0.15) is 0 Å². The number of hydrogen-bond donors (Lipinski definition) is 2. The molecule has 1 radical (unpaired) electrons. The van der Waals surface area contributed by atoms with Crippen LogP contribution in [0.1, 0.15) is 0 Å². The molecule has 2 N–H and O–H groups in total. The van der Waals surface area contributed by atoms with Gasteiger partial charge in [-0.3, -0.25) is 0 Å². The monoisotopic (exact) mass is 223 g/mol. The minimum Gasteiger partial charge on any atom is -0.301 e. The predicted octanol–water partition coefficient (Wildman–Crippen LogP) is -0.0223. The third kappa shape index (κ3) is 10.8. The fourth-order valence-electron chi connectivity index (χ4n) is 0. The van der Waals surface area contributed by atoms with E-state index in [1.54, 1.807) is 0 Å². The molecule has 0 aromatic carbocycles. The Labute approximate surface area is 54.3 Å². The van der Waals surface area contributed by atoms with Crippen LogP contribution in [0.2, 0.25) is 0 Å². The van der Waals surface area contributed by atoms with E-state index < -0.39 is 7.82 Å². The molecule has 0 aliphatic carbocycles. The molecule has 0 heterocycles. The molecule has 0 saturated carbocycles. The fourth-order valence-corrected chi connectivity index (χ4v) is 0. The van der Waals surface area contributed by atoms with Gasteiger partial charge in [-0.15, -0.1) is 0 Å². The molecule has 4 nitrogen and oxygen atoms in total. The first-order valence-electron chi connectivity index (χ1n) is 0.919. The van der Waals surface area contributed by atoms with Gasteiger partial charge in [-0.2, -0.15) is 0 Å². The van der Waals surface area contributed by atoms with Crippen molar-refractivity contribution in [1.82, 2.24) is 0 Å². The van der Waals surface area contributed by atoms with Crippen molar-refractivity contribution in [3.63, 3.8) is 0 Å². The van der Waals surface area contributed by atoms with Crippen LogP contribution in [0.4, 0.5) is 4.53 Å². The molecule has 0 saturated heterocycles. The third-order valence-corrected chi connectivity index (χ3v) is 0.270. The Morgan fingerprint density at radius 3 is 1.71 bits per heavy atom. The standard InChI is InChI=1S/Ag.FH2O4P/c;1-5-6(2,3)4/h;(H2,2,3,4). The van der Waals surface area contributed by atoms with E-state index in [1.807, 2.05) is 0 Å². The Balaban J connectivity index is 0. The molecule has 49 valence electrons. The van der Waals surface area contributed by atoms with Crippen molar-refractivity contribution >= 4 is 7.82 Å². The summed E-state index contributed by atoms with van der Waals surface area (Å²) in [5, 5.41) is 0. The summed E-state index contributed by atoms with van der Waals surface area (Å²) in [5.41, 5.74) is 0. The normalized spacial score (nSPS) is 10.1. The first-order valence-corrected chi connectivity index (χ1v) is 2.45. The summed E-state index contributed by atoms with van der Waals surface area (Å²) >= 11 is 0. The Morgan fingerprint density at radius 2 is 1.71 bits per heavy atom. The Bertz CT molecular complexity index is 75.8. The van der Waals surface area contributed by atoms with Gasteiger partial charge in [0.2, 0.25) is 0 Å². The largest absolute Gasteiger partial charge is 0.500 e. The summed E-state index contributed by atoms with van der Waals surface area (Å²) in [6.45, 7) is 0. The maximum Gasteiger partial charge on any atom is 0.500 e. The smallest absolute Gasteiger partial charge is 0.301 e. The molecule has 0 aliphatic heterocycles. The molecule has 0 unspecified atom stereocenters. The number of hydrogen-bond acceptors (Lipinski definition) is 2. The van der Waals surface area contributed by atoms with Crippen LogP contribution in [0, 0.1) is 0 Å². The average Bonchev–Trinajstić information content (AvgIpc) is 1.35. The molecule has 0 bridgehead atoms. The molecule has 7 heavy (non-hydrogen) atoms. The van der Waals surface area contributed by atoms with E-state index >= 15 is 0 Å². The van der Waals surface area contributed by atoms with Gasteiger partial charge in [0.25, 0.3) is 0 Å². The van der Waals surface area contributed by atoms with Crippen molar-refractivity contribution in [3.05, 3.63) is 0 Å². The van der Waals surface area contributed by atoms with Gasteiger partial charge in [-0.1, -0.05) is 4.73 Å². The fraction of sp³-hybridized carbons (Fsp3) is 0. The molecule has 0 amide bonds. The van der Waals surface area contributed by atoms with Gasteiger partial charge >= 0.3 is 7.82 Å². The van der Waals surface area contributed by atoms with E-state index in [-0.39, 0.29) is 22.4 Å². The average molecular weight is 224 g/mol. The van der Waals surface area contributed by atoms with E-state index in [2.05, 4.69) is 4.73 Å². The maximum atomic E-state index is 10.2. The third-order valence-electron chi connectivity index (χ3n) is 0.0899. The van der Waals surface area contributed by atoms with E-state index in [1.165, 1.54) is 0 Å². The zero-order chi connectivity index (χ0) is 5.21. The first-order chi connectivity index (χ1) is 2.56. The summed E-state index contributed by atoms with van der Waals surface area (Å²) in [6.07, 6.45) is 0. The van der Waals surface area contributed by atoms with Crippen LogP contribution in [-0.4, -0.2) is 9.79 Å². The molecular weight excluding hydrogens is 222 g/mol. The van der Waals surface area contributed by atoms with Gasteiger partial charge in [-0.05, 0) is 4.53 Å². The second kappa shape index (κ2) is 3.74. The van der Waals surface area contributed by atoms with E-state index in [9.17, 15) is 4.53 Å². The SMILES string of the molecule is O=P(O)(O)OF.[Ag]. The molecule has 7 heteroatoms. The molecule has 0 atom stereocenters. The maximum absolute atomic E-state index is 10.2. The van der Waals surface area contributed by atoms with Gasteiger partial charge in [-0.25, -0.2) is 4.57 Å². The van der Waals surface area contributed by atoms with Crippen molar-refractivity contribution in [2.24, 2.45) is 0 Å². The minimum atomic E-state index is -4.81. The molecule has 0 spiro atoms. The molecule has 0 aromatic rings. The van der Waals surface area contributed by atoms with Gasteiger partial charge < -0.3 is 9.79 Å². The Morgan fingerprint density at radius 1 is 1.57 bits per heavy atom. The van der Waals surface area contributed by atoms with Crippen LogP contribution in [0.25, 0.3) is 0 Å². The molecule has 0 rings (SSSR count). The number of rotatable bonds is 1. The first kappa shape index (κ1) is 10.7. The van der Waals surface area contributed by atoms with Crippen LogP contribution in [0.15, 0.2) is 0 Å². The predicted molar refractivity (Wildman–Crippen MR) is 14.2 cm³/mol. The van der Waals surface area contributed by atoms with Crippen molar-refractivity contribution < 1.29 is 46.0 Å². The molecule has 0 fully saturated rings.